The molecule has 0 heterocycles. The Morgan fingerprint density at radius 2 is 1.58 bits per heavy atom. The van der Waals surface area contributed by atoms with E-state index >= 15 is 0 Å². The van der Waals surface area contributed by atoms with Crippen LogP contribution < -0.4 is 0 Å². The van der Waals surface area contributed by atoms with E-state index in [9.17, 15) is 0 Å². The van der Waals surface area contributed by atoms with Crippen LogP contribution in [0.3, 0.4) is 0 Å². The summed E-state index contributed by atoms with van der Waals surface area (Å²) in [6, 6.07) is 0. The quantitative estimate of drug-likeness (QED) is 0.557. The first-order valence-corrected chi connectivity index (χ1v) is 5.32. The van der Waals surface area contributed by atoms with E-state index in [4.69, 9.17) is 0 Å². The molecular formula is C12H22. The van der Waals surface area contributed by atoms with Crippen LogP contribution in [0.1, 0.15) is 48.0 Å². The van der Waals surface area contributed by atoms with E-state index in [0.29, 0.717) is 10.8 Å². The molecule has 0 nitrogen and oxygen atoms in total. The van der Waals surface area contributed by atoms with Crippen molar-refractivity contribution in [1.29, 1.82) is 0 Å². The van der Waals surface area contributed by atoms with E-state index in [1.165, 1.54) is 6.42 Å². The van der Waals surface area contributed by atoms with Crippen molar-refractivity contribution in [1.82, 2.24) is 0 Å². The fourth-order valence-corrected chi connectivity index (χ4v) is 4.53. The van der Waals surface area contributed by atoms with Gasteiger partial charge in [0.2, 0.25) is 0 Å². The molecule has 1 spiro atoms. The van der Waals surface area contributed by atoms with Crippen LogP contribution in [-0.4, -0.2) is 0 Å². The highest BCUT2D eigenvalue weighted by Crippen LogP contribution is 2.93. The summed E-state index contributed by atoms with van der Waals surface area (Å²) in [6.07, 6.45) is 1.48. The third kappa shape index (κ3) is 0.506. The highest BCUT2D eigenvalue weighted by Gasteiger charge is 2.88. The average molecular weight is 166 g/mol. The fraction of sp³-hybridized carbons (Fsp3) is 1.00. The molecule has 0 aliphatic heterocycles. The highest BCUT2D eigenvalue weighted by molar-refractivity contribution is 5.35. The first-order chi connectivity index (χ1) is 5.32. The molecule has 0 N–H and O–H groups in total. The van der Waals surface area contributed by atoms with E-state index in [2.05, 4.69) is 41.5 Å². The minimum Gasteiger partial charge on any atom is -0.0622 e. The molecule has 3 atom stereocenters. The van der Waals surface area contributed by atoms with Gasteiger partial charge in [-0.05, 0) is 34.5 Å². The van der Waals surface area contributed by atoms with Crippen molar-refractivity contribution in [3.05, 3.63) is 0 Å². The maximum atomic E-state index is 2.50. The van der Waals surface area contributed by atoms with Crippen LogP contribution in [0.5, 0.6) is 0 Å². The summed E-state index contributed by atoms with van der Waals surface area (Å²) in [5.74, 6) is 1.83. The maximum absolute atomic E-state index is 2.50. The zero-order valence-electron chi connectivity index (χ0n) is 9.36. The summed E-state index contributed by atoms with van der Waals surface area (Å²) in [4.78, 5) is 0. The third-order valence-electron chi connectivity index (χ3n) is 5.74. The van der Waals surface area contributed by atoms with Crippen molar-refractivity contribution in [3.63, 3.8) is 0 Å². The molecule has 0 aromatic heterocycles. The van der Waals surface area contributed by atoms with Crippen molar-refractivity contribution in [2.45, 2.75) is 48.0 Å². The van der Waals surface area contributed by atoms with Gasteiger partial charge in [-0.1, -0.05) is 41.5 Å². The molecule has 0 saturated heterocycles. The number of hydrogen-bond acceptors (Lipinski definition) is 0. The van der Waals surface area contributed by atoms with Crippen molar-refractivity contribution >= 4 is 0 Å². The molecule has 3 unspecified atom stereocenters. The molecule has 2 rings (SSSR count). The fourth-order valence-electron chi connectivity index (χ4n) is 4.53. The van der Waals surface area contributed by atoms with Crippen LogP contribution >= 0.6 is 0 Å². The van der Waals surface area contributed by atoms with Gasteiger partial charge >= 0.3 is 0 Å². The molecule has 0 amide bonds. The number of hydrogen-bond donors (Lipinski definition) is 0. The van der Waals surface area contributed by atoms with Gasteiger partial charge in [0.05, 0.1) is 0 Å². The minimum absolute atomic E-state index is 0.605. The topological polar surface area (TPSA) is 0 Å². The van der Waals surface area contributed by atoms with Crippen LogP contribution in [0.25, 0.3) is 0 Å². The Bertz CT molecular complexity index is 226. The van der Waals surface area contributed by atoms with Crippen LogP contribution in [-0.2, 0) is 0 Å². The molecule has 0 radical (unpaired) electrons. The van der Waals surface area contributed by atoms with Gasteiger partial charge < -0.3 is 0 Å². The molecule has 2 saturated carbocycles. The second-order valence-corrected chi connectivity index (χ2v) is 6.06. The normalized spacial score (nSPS) is 54.8. The van der Waals surface area contributed by atoms with E-state index < -0.39 is 0 Å². The lowest BCUT2D eigenvalue weighted by molar-refractivity contribution is 0.298. The summed E-state index contributed by atoms with van der Waals surface area (Å²) >= 11 is 0. The van der Waals surface area contributed by atoms with Gasteiger partial charge in [0.25, 0.3) is 0 Å². The maximum Gasteiger partial charge on any atom is -0.0151 e. The highest BCUT2D eigenvalue weighted by atomic mass is 14.9. The zero-order chi connectivity index (χ0) is 9.36. The Morgan fingerprint density at radius 3 is 1.67 bits per heavy atom. The lowest BCUT2D eigenvalue weighted by atomic mass is 9.86. The molecule has 2 fully saturated rings. The molecule has 0 aromatic carbocycles. The second kappa shape index (κ2) is 1.76. The summed E-state index contributed by atoms with van der Waals surface area (Å²) in [5.41, 5.74) is 1.96. The van der Waals surface area contributed by atoms with Gasteiger partial charge in [0.1, 0.15) is 0 Å². The zero-order valence-corrected chi connectivity index (χ0v) is 9.36. The molecule has 0 aromatic rings. The van der Waals surface area contributed by atoms with Crippen molar-refractivity contribution in [3.8, 4) is 0 Å². The van der Waals surface area contributed by atoms with Gasteiger partial charge in [0, 0.05) is 0 Å². The van der Waals surface area contributed by atoms with Crippen LogP contribution in [0, 0.1) is 28.1 Å². The molecular weight excluding hydrogens is 144 g/mol. The molecule has 2 aliphatic rings. The van der Waals surface area contributed by atoms with Gasteiger partial charge in [-0.3, -0.25) is 0 Å². The summed E-state index contributed by atoms with van der Waals surface area (Å²) in [7, 11) is 0. The molecule has 70 valence electrons. The number of rotatable bonds is 1. The van der Waals surface area contributed by atoms with E-state index in [0.717, 1.165) is 17.3 Å². The first-order valence-electron chi connectivity index (χ1n) is 5.32. The Labute approximate surface area is 76.7 Å². The SMILES string of the molecule is CC(C)C1(C)C(C)(C)C12CC2C. The second-order valence-electron chi connectivity index (χ2n) is 6.06. The summed E-state index contributed by atoms with van der Waals surface area (Å²) < 4.78 is 0. The lowest BCUT2D eigenvalue weighted by Crippen LogP contribution is -2.12. The van der Waals surface area contributed by atoms with Gasteiger partial charge in [-0.2, -0.15) is 0 Å². The van der Waals surface area contributed by atoms with Gasteiger partial charge in [-0.25, -0.2) is 0 Å². The average Bonchev–Trinajstić information content (AvgIpc) is 2.68. The van der Waals surface area contributed by atoms with Crippen molar-refractivity contribution in [2.24, 2.45) is 28.1 Å². The van der Waals surface area contributed by atoms with E-state index in [-0.39, 0.29) is 0 Å². The lowest BCUT2D eigenvalue weighted by Gasteiger charge is -2.19. The molecule has 2 aliphatic carbocycles. The monoisotopic (exact) mass is 166 g/mol. The molecule has 12 heavy (non-hydrogen) atoms. The predicted molar refractivity (Wildman–Crippen MR) is 52.9 cm³/mol. The van der Waals surface area contributed by atoms with Gasteiger partial charge in [-0.15, -0.1) is 0 Å². The Kier molecular flexibility index (Phi) is 1.26. The van der Waals surface area contributed by atoms with Crippen LogP contribution in [0.4, 0.5) is 0 Å². The molecule has 0 bridgehead atoms. The van der Waals surface area contributed by atoms with Crippen LogP contribution in [0.15, 0.2) is 0 Å². The van der Waals surface area contributed by atoms with Crippen molar-refractivity contribution < 1.29 is 0 Å². The third-order valence-corrected chi connectivity index (χ3v) is 5.74. The van der Waals surface area contributed by atoms with Gasteiger partial charge in [0.15, 0.2) is 0 Å². The smallest absolute Gasteiger partial charge is 0.0151 e. The minimum atomic E-state index is 0.605. The summed E-state index contributed by atoms with van der Waals surface area (Å²) in [5, 5.41) is 0. The van der Waals surface area contributed by atoms with E-state index in [1.807, 2.05) is 0 Å². The Morgan fingerprint density at radius 1 is 1.17 bits per heavy atom. The summed E-state index contributed by atoms with van der Waals surface area (Å²) in [6.45, 7) is 14.6. The van der Waals surface area contributed by atoms with Crippen LogP contribution in [0.2, 0.25) is 0 Å². The Balaban J connectivity index is 2.33. The predicted octanol–water partition coefficient (Wildman–Crippen LogP) is 3.71. The standard InChI is InChI=1S/C12H22/c1-8(2)11(6)10(4,5)12(11)7-9(12)3/h8-9H,7H2,1-6H3. The Hall–Kier alpha value is 0. The first kappa shape index (κ1) is 8.59. The largest absolute Gasteiger partial charge is 0.0622 e. The van der Waals surface area contributed by atoms with Crippen molar-refractivity contribution in [2.75, 3.05) is 0 Å². The van der Waals surface area contributed by atoms with E-state index in [1.54, 1.807) is 0 Å². The molecule has 0 heteroatoms.